The first kappa shape index (κ1) is 15.5. The fourth-order valence-electron chi connectivity index (χ4n) is 1.07. The van der Waals surface area contributed by atoms with E-state index in [0.29, 0.717) is 13.2 Å². The van der Waals surface area contributed by atoms with Gasteiger partial charge >= 0.3 is 9.53 Å². The highest BCUT2D eigenvalue weighted by atomic mass is 28.3. The van der Waals surface area contributed by atoms with Gasteiger partial charge < -0.3 is 18.6 Å². The van der Waals surface area contributed by atoms with Crippen molar-refractivity contribution in [3.05, 3.63) is 12.0 Å². The van der Waals surface area contributed by atoms with Gasteiger partial charge in [0.2, 0.25) is 0 Å². The zero-order valence-electron chi connectivity index (χ0n) is 10.9. The maximum atomic E-state index is 5.60. The van der Waals surface area contributed by atoms with Crippen molar-refractivity contribution in [2.24, 2.45) is 0 Å². The normalized spacial score (nSPS) is 11.9. The van der Waals surface area contributed by atoms with Gasteiger partial charge in [0.05, 0.1) is 5.76 Å². The fraction of sp³-hybridized carbons (Fsp3) is 0.818. The molecule has 5 heteroatoms. The molecule has 0 aliphatic rings. The van der Waals surface area contributed by atoms with E-state index in [1.165, 1.54) is 12.8 Å². The molecule has 0 atom stereocenters. The molecule has 1 N–H and O–H groups in total. The van der Waals surface area contributed by atoms with Crippen LogP contribution in [-0.2, 0) is 13.3 Å². The van der Waals surface area contributed by atoms with E-state index in [1.54, 1.807) is 0 Å². The highest BCUT2D eigenvalue weighted by molar-refractivity contribution is 6.36. The lowest BCUT2D eigenvalue weighted by Gasteiger charge is -2.16. The van der Waals surface area contributed by atoms with E-state index in [0.717, 1.165) is 12.3 Å². The maximum Gasteiger partial charge on any atom is 0.549 e. The predicted octanol–water partition coefficient (Wildman–Crippen LogP) is 2.04. The molecular weight excluding hydrogens is 222 g/mol. The minimum atomic E-state index is -1.96. The van der Waals surface area contributed by atoms with Crippen LogP contribution in [0.3, 0.4) is 0 Å². The number of allylic oxidation sites excluding steroid dienone is 1. The molecule has 0 fully saturated rings. The van der Waals surface area contributed by atoms with E-state index in [2.05, 4.69) is 12.2 Å². The summed E-state index contributed by atoms with van der Waals surface area (Å²) in [6, 6.07) is 0. The first-order valence-electron chi connectivity index (χ1n) is 6.04. The van der Waals surface area contributed by atoms with Gasteiger partial charge in [0.15, 0.2) is 0 Å². The predicted molar refractivity (Wildman–Crippen MR) is 68.2 cm³/mol. The Hall–Kier alpha value is -0.523. The standard InChI is InChI=1S/C11H25NO3Si/c1-5-8-9-12-10-11(4)15-16(13-6-2)14-7-3/h10,12,16H,5-9H2,1-4H3. The second-order valence-electron chi connectivity index (χ2n) is 3.38. The van der Waals surface area contributed by atoms with E-state index in [4.69, 9.17) is 13.3 Å². The zero-order chi connectivity index (χ0) is 12.2. The molecule has 0 saturated carbocycles. The molecule has 4 nitrogen and oxygen atoms in total. The number of hydrogen-bond acceptors (Lipinski definition) is 4. The summed E-state index contributed by atoms with van der Waals surface area (Å²) in [4.78, 5) is 0. The van der Waals surface area contributed by atoms with Crippen LogP contribution in [0.1, 0.15) is 40.5 Å². The average molecular weight is 247 g/mol. The lowest BCUT2D eigenvalue weighted by atomic mass is 10.3. The molecule has 0 aromatic rings. The van der Waals surface area contributed by atoms with Gasteiger partial charge in [-0.15, -0.1) is 0 Å². The van der Waals surface area contributed by atoms with Crippen LogP contribution in [0.4, 0.5) is 0 Å². The number of hydrogen-bond donors (Lipinski definition) is 1. The van der Waals surface area contributed by atoms with E-state index >= 15 is 0 Å². The Labute approximate surface area is 101 Å². The van der Waals surface area contributed by atoms with Gasteiger partial charge in [-0.3, -0.25) is 0 Å². The molecule has 0 saturated heterocycles. The van der Waals surface area contributed by atoms with Crippen molar-refractivity contribution in [2.75, 3.05) is 19.8 Å². The molecular formula is C11H25NO3Si. The molecule has 0 amide bonds. The molecule has 0 bridgehead atoms. The highest BCUT2D eigenvalue weighted by Gasteiger charge is 2.15. The van der Waals surface area contributed by atoms with Crippen LogP contribution in [0.5, 0.6) is 0 Å². The summed E-state index contributed by atoms with van der Waals surface area (Å²) in [5.74, 6) is 0.828. The number of unbranched alkanes of at least 4 members (excludes halogenated alkanes) is 1. The fourth-order valence-corrected chi connectivity index (χ4v) is 2.22. The Bertz CT molecular complexity index is 182. The SMILES string of the molecule is CCCCNC=C(C)O[SiH](OCC)OCC. The third kappa shape index (κ3) is 8.76. The third-order valence-corrected chi connectivity index (χ3v) is 3.64. The average Bonchev–Trinajstić information content (AvgIpc) is 2.25. The summed E-state index contributed by atoms with van der Waals surface area (Å²) in [6.45, 7) is 10.2. The summed E-state index contributed by atoms with van der Waals surface area (Å²) in [6.07, 6.45) is 4.24. The molecule has 0 aromatic carbocycles. The molecule has 0 rings (SSSR count). The minimum absolute atomic E-state index is 0.632. The third-order valence-electron chi connectivity index (χ3n) is 1.87. The summed E-state index contributed by atoms with van der Waals surface area (Å²) >= 11 is 0. The molecule has 0 aliphatic carbocycles. The van der Waals surface area contributed by atoms with Crippen LogP contribution in [0, 0.1) is 0 Å². The molecule has 0 heterocycles. The van der Waals surface area contributed by atoms with Gasteiger partial charge in [-0.2, -0.15) is 0 Å². The number of nitrogens with one attached hydrogen (secondary N) is 1. The van der Waals surface area contributed by atoms with E-state index in [1.807, 2.05) is 27.0 Å². The molecule has 0 aliphatic heterocycles. The van der Waals surface area contributed by atoms with Crippen LogP contribution < -0.4 is 5.32 Å². The largest absolute Gasteiger partial charge is 0.549 e. The monoisotopic (exact) mass is 247 g/mol. The van der Waals surface area contributed by atoms with Crippen molar-refractivity contribution in [1.82, 2.24) is 5.32 Å². The Morgan fingerprint density at radius 2 is 1.81 bits per heavy atom. The maximum absolute atomic E-state index is 5.60. The summed E-state index contributed by atoms with van der Waals surface area (Å²) in [5.41, 5.74) is 0. The number of rotatable bonds is 10. The molecule has 0 unspecified atom stereocenters. The minimum Gasteiger partial charge on any atom is -0.505 e. The lowest BCUT2D eigenvalue weighted by Crippen LogP contribution is -2.27. The molecule has 16 heavy (non-hydrogen) atoms. The van der Waals surface area contributed by atoms with Crippen LogP contribution in [0.15, 0.2) is 12.0 Å². The first-order valence-corrected chi connectivity index (χ1v) is 7.46. The van der Waals surface area contributed by atoms with Gasteiger partial charge in [0.1, 0.15) is 0 Å². The summed E-state index contributed by atoms with van der Waals surface area (Å²) in [5, 5.41) is 3.20. The molecule has 0 radical (unpaired) electrons. The van der Waals surface area contributed by atoms with Gasteiger partial charge in [0.25, 0.3) is 0 Å². The Morgan fingerprint density at radius 3 is 2.31 bits per heavy atom. The van der Waals surface area contributed by atoms with Crippen molar-refractivity contribution in [1.29, 1.82) is 0 Å². The smallest absolute Gasteiger partial charge is 0.505 e. The Morgan fingerprint density at radius 1 is 1.19 bits per heavy atom. The van der Waals surface area contributed by atoms with Gasteiger partial charge in [-0.05, 0) is 27.2 Å². The first-order chi connectivity index (χ1) is 7.74. The van der Waals surface area contributed by atoms with E-state index in [-0.39, 0.29) is 0 Å². The molecule has 96 valence electrons. The van der Waals surface area contributed by atoms with Crippen molar-refractivity contribution < 1.29 is 13.3 Å². The quantitative estimate of drug-likeness (QED) is 0.364. The van der Waals surface area contributed by atoms with Crippen molar-refractivity contribution in [3.63, 3.8) is 0 Å². The topological polar surface area (TPSA) is 39.7 Å². The Balaban J connectivity index is 3.82. The lowest BCUT2D eigenvalue weighted by molar-refractivity contribution is 0.128. The van der Waals surface area contributed by atoms with Crippen molar-refractivity contribution >= 4 is 9.53 Å². The second kappa shape index (κ2) is 11.0. The van der Waals surface area contributed by atoms with E-state index in [9.17, 15) is 0 Å². The molecule has 0 spiro atoms. The molecule has 0 aromatic heterocycles. The van der Waals surface area contributed by atoms with Gasteiger partial charge in [-0.1, -0.05) is 13.3 Å². The van der Waals surface area contributed by atoms with Crippen LogP contribution in [-0.4, -0.2) is 29.3 Å². The summed E-state index contributed by atoms with van der Waals surface area (Å²) in [7, 11) is -1.96. The van der Waals surface area contributed by atoms with Crippen LogP contribution >= 0.6 is 0 Å². The van der Waals surface area contributed by atoms with E-state index < -0.39 is 9.53 Å². The Kier molecular flexibility index (Phi) is 10.6. The van der Waals surface area contributed by atoms with Crippen LogP contribution in [0.25, 0.3) is 0 Å². The zero-order valence-corrected chi connectivity index (χ0v) is 12.1. The summed E-state index contributed by atoms with van der Waals surface area (Å²) < 4.78 is 16.4. The van der Waals surface area contributed by atoms with Gasteiger partial charge in [0, 0.05) is 26.0 Å². The second-order valence-corrected chi connectivity index (χ2v) is 4.86. The van der Waals surface area contributed by atoms with Crippen LogP contribution in [0.2, 0.25) is 0 Å². The van der Waals surface area contributed by atoms with Gasteiger partial charge in [-0.25, -0.2) is 0 Å². The highest BCUT2D eigenvalue weighted by Crippen LogP contribution is 2.01. The van der Waals surface area contributed by atoms with Crippen molar-refractivity contribution in [3.8, 4) is 0 Å². The van der Waals surface area contributed by atoms with Crippen molar-refractivity contribution in [2.45, 2.75) is 40.5 Å².